The molecule has 0 atom stereocenters. The van der Waals surface area contributed by atoms with Crippen molar-refractivity contribution < 1.29 is 4.79 Å². The minimum Gasteiger partial charge on any atom is -0.311 e. The van der Waals surface area contributed by atoms with Crippen LogP contribution in [0.1, 0.15) is 17.8 Å². The van der Waals surface area contributed by atoms with Crippen molar-refractivity contribution in [1.29, 1.82) is 5.26 Å². The topological polar surface area (TPSA) is 74.8 Å². The Morgan fingerprint density at radius 3 is 2.54 bits per heavy atom. The number of benzene rings is 2. The second kappa shape index (κ2) is 9.20. The molecule has 28 heavy (non-hydrogen) atoms. The molecule has 1 heterocycles. The molecule has 0 radical (unpaired) electrons. The van der Waals surface area contributed by atoms with Crippen LogP contribution in [0.25, 0.3) is 5.69 Å². The zero-order valence-electron chi connectivity index (χ0n) is 15.9. The highest BCUT2D eigenvalue weighted by Gasteiger charge is 2.19. The van der Waals surface area contributed by atoms with Gasteiger partial charge >= 0.3 is 0 Å². The second-order valence-corrected chi connectivity index (χ2v) is 7.17. The van der Waals surface area contributed by atoms with Gasteiger partial charge in [0, 0.05) is 12.2 Å². The molecule has 1 aromatic heterocycles. The Hall–Kier alpha value is -3.11. The fourth-order valence-corrected chi connectivity index (χ4v) is 3.77. The average Bonchev–Trinajstić information content (AvgIpc) is 3.08. The predicted octanol–water partition coefficient (Wildman–Crippen LogP) is 3.92. The van der Waals surface area contributed by atoms with Gasteiger partial charge in [-0.05, 0) is 37.6 Å². The van der Waals surface area contributed by atoms with E-state index in [4.69, 9.17) is 5.26 Å². The predicted molar refractivity (Wildman–Crippen MR) is 111 cm³/mol. The van der Waals surface area contributed by atoms with Crippen LogP contribution in [-0.4, -0.2) is 33.0 Å². The normalized spacial score (nSPS) is 10.5. The molecule has 3 rings (SSSR count). The Morgan fingerprint density at radius 2 is 1.82 bits per heavy atom. The largest absolute Gasteiger partial charge is 0.311 e. The summed E-state index contributed by atoms with van der Waals surface area (Å²) in [6, 6.07) is 19.5. The van der Waals surface area contributed by atoms with E-state index in [0.717, 1.165) is 22.8 Å². The molecule has 0 fully saturated rings. The van der Waals surface area contributed by atoms with Crippen LogP contribution in [0.5, 0.6) is 0 Å². The standard InChI is InChI=1S/C21H21N5OS/c1-16-9-6-7-12-19(16)26-17(2)23-24-21(26)28-15-20(27)25(14-8-13-22)18-10-4-3-5-11-18/h3-7,9-12H,8,14-15H2,1-2H3. The molecule has 0 spiro atoms. The molecule has 0 aliphatic carbocycles. The average molecular weight is 392 g/mol. The third-order valence-corrected chi connectivity index (χ3v) is 5.21. The maximum Gasteiger partial charge on any atom is 0.237 e. The molecule has 0 saturated heterocycles. The number of para-hydroxylation sites is 2. The van der Waals surface area contributed by atoms with Crippen molar-refractivity contribution in [3.05, 3.63) is 66.0 Å². The minimum absolute atomic E-state index is 0.0663. The van der Waals surface area contributed by atoms with E-state index >= 15 is 0 Å². The minimum atomic E-state index is -0.0663. The Labute approximate surface area is 168 Å². The van der Waals surface area contributed by atoms with Gasteiger partial charge in [0.05, 0.1) is 23.9 Å². The van der Waals surface area contributed by atoms with E-state index < -0.39 is 0 Å². The van der Waals surface area contributed by atoms with Crippen LogP contribution in [0.2, 0.25) is 0 Å². The lowest BCUT2D eigenvalue weighted by Gasteiger charge is -2.21. The molecule has 0 aliphatic rings. The number of aromatic nitrogens is 3. The number of thioether (sulfide) groups is 1. The third-order valence-electron chi connectivity index (χ3n) is 4.29. The highest BCUT2D eigenvalue weighted by Crippen LogP contribution is 2.25. The van der Waals surface area contributed by atoms with Crippen LogP contribution in [0.15, 0.2) is 59.8 Å². The molecule has 0 saturated carbocycles. The van der Waals surface area contributed by atoms with Gasteiger partial charge in [-0.3, -0.25) is 9.36 Å². The number of amides is 1. The molecule has 0 aliphatic heterocycles. The first-order valence-corrected chi connectivity index (χ1v) is 9.93. The summed E-state index contributed by atoms with van der Waals surface area (Å²) in [6.07, 6.45) is 0.282. The second-order valence-electron chi connectivity index (χ2n) is 6.23. The Balaban J connectivity index is 1.79. The number of aryl methyl sites for hydroxylation is 2. The molecule has 2 aromatic carbocycles. The Kier molecular flexibility index (Phi) is 6.45. The summed E-state index contributed by atoms with van der Waals surface area (Å²) in [7, 11) is 0. The maximum atomic E-state index is 12.9. The number of carbonyl (C=O) groups excluding carboxylic acids is 1. The first-order chi connectivity index (χ1) is 13.6. The highest BCUT2D eigenvalue weighted by molar-refractivity contribution is 7.99. The lowest BCUT2D eigenvalue weighted by molar-refractivity contribution is -0.116. The van der Waals surface area contributed by atoms with Gasteiger partial charge in [-0.25, -0.2) is 0 Å². The summed E-state index contributed by atoms with van der Waals surface area (Å²) >= 11 is 1.35. The molecule has 0 bridgehead atoms. The van der Waals surface area contributed by atoms with Gasteiger partial charge in [0.2, 0.25) is 5.91 Å². The summed E-state index contributed by atoms with van der Waals surface area (Å²) in [4.78, 5) is 14.5. The number of anilines is 1. The summed E-state index contributed by atoms with van der Waals surface area (Å²) in [6.45, 7) is 4.30. The van der Waals surface area contributed by atoms with Crippen molar-refractivity contribution in [2.75, 3.05) is 17.2 Å². The van der Waals surface area contributed by atoms with Gasteiger partial charge < -0.3 is 4.90 Å². The van der Waals surface area contributed by atoms with E-state index in [-0.39, 0.29) is 18.1 Å². The molecule has 0 N–H and O–H groups in total. The summed E-state index contributed by atoms with van der Waals surface area (Å²) in [5, 5.41) is 18.0. The van der Waals surface area contributed by atoms with Gasteiger partial charge in [0.1, 0.15) is 5.82 Å². The van der Waals surface area contributed by atoms with Crippen molar-refractivity contribution in [2.24, 2.45) is 0 Å². The maximum absolute atomic E-state index is 12.9. The zero-order valence-corrected chi connectivity index (χ0v) is 16.7. The smallest absolute Gasteiger partial charge is 0.237 e. The first-order valence-electron chi connectivity index (χ1n) is 8.95. The van der Waals surface area contributed by atoms with Crippen LogP contribution in [0.3, 0.4) is 0 Å². The van der Waals surface area contributed by atoms with E-state index in [2.05, 4.69) is 16.3 Å². The van der Waals surface area contributed by atoms with Gasteiger partial charge in [-0.15, -0.1) is 10.2 Å². The van der Waals surface area contributed by atoms with E-state index in [9.17, 15) is 4.79 Å². The van der Waals surface area contributed by atoms with Crippen LogP contribution in [0.4, 0.5) is 5.69 Å². The Morgan fingerprint density at radius 1 is 1.11 bits per heavy atom. The number of rotatable bonds is 7. The number of hydrogen-bond donors (Lipinski definition) is 0. The van der Waals surface area contributed by atoms with Gasteiger partial charge in [0.15, 0.2) is 5.16 Å². The molecule has 3 aromatic rings. The van der Waals surface area contributed by atoms with Gasteiger partial charge in [0.25, 0.3) is 0 Å². The van der Waals surface area contributed by atoms with Crippen LogP contribution >= 0.6 is 11.8 Å². The quantitative estimate of drug-likeness (QED) is 0.571. The van der Waals surface area contributed by atoms with Crippen molar-refractivity contribution in [2.45, 2.75) is 25.4 Å². The lowest BCUT2D eigenvalue weighted by Crippen LogP contribution is -2.33. The SMILES string of the molecule is Cc1ccccc1-n1c(C)nnc1SCC(=O)N(CCC#N)c1ccccc1. The first kappa shape index (κ1) is 19.6. The molecule has 1 amide bonds. The molecule has 6 nitrogen and oxygen atoms in total. The highest BCUT2D eigenvalue weighted by atomic mass is 32.2. The summed E-state index contributed by atoms with van der Waals surface area (Å²) in [5.41, 5.74) is 2.91. The van der Waals surface area contributed by atoms with Crippen molar-refractivity contribution >= 4 is 23.4 Å². The Bertz CT molecular complexity index is 994. The lowest BCUT2D eigenvalue weighted by atomic mass is 10.2. The molecule has 142 valence electrons. The zero-order chi connectivity index (χ0) is 19.9. The van der Waals surface area contributed by atoms with E-state index in [0.29, 0.717) is 11.7 Å². The molecular formula is C21H21N5OS. The van der Waals surface area contributed by atoms with Crippen molar-refractivity contribution in [3.8, 4) is 11.8 Å². The fraction of sp³-hybridized carbons (Fsp3) is 0.238. The molecule has 7 heteroatoms. The summed E-state index contributed by atoms with van der Waals surface area (Å²) in [5.74, 6) is 0.918. The summed E-state index contributed by atoms with van der Waals surface area (Å²) < 4.78 is 1.97. The fourth-order valence-electron chi connectivity index (χ4n) is 2.90. The number of carbonyl (C=O) groups is 1. The van der Waals surface area contributed by atoms with Crippen molar-refractivity contribution in [3.63, 3.8) is 0 Å². The number of nitriles is 1. The van der Waals surface area contributed by atoms with E-state index in [1.54, 1.807) is 4.90 Å². The molecular weight excluding hydrogens is 370 g/mol. The van der Waals surface area contributed by atoms with E-state index in [1.807, 2.05) is 73.0 Å². The number of hydrogen-bond acceptors (Lipinski definition) is 5. The van der Waals surface area contributed by atoms with Crippen LogP contribution in [-0.2, 0) is 4.79 Å². The third kappa shape index (κ3) is 4.41. The van der Waals surface area contributed by atoms with Gasteiger partial charge in [-0.2, -0.15) is 5.26 Å². The number of nitrogens with zero attached hydrogens (tertiary/aromatic N) is 5. The van der Waals surface area contributed by atoms with Crippen LogP contribution in [0, 0.1) is 25.2 Å². The monoisotopic (exact) mass is 391 g/mol. The van der Waals surface area contributed by atoms with Crippen LogP contribution < -0.4 is 4.90 Å². The van der Waals surface area contributed by atoms with E-state index in [1.165, 1.54) is 11.8 Å². The van der Waals surface area contributed by atoms with Crippen molar-refractivity contribution in [1.82, 2.24) is 14.8 Å². The van der Waals surface area contributed by atoms with Gasteiger partial charge in [-0.1, -0.05) is 48.2 Å². The molecule has 0 unspecified atom stereocenters.